The quantitative estimate of drug-likeness (QED) is 0.639. The van der Waals surface area contributed by atoms with E-state index in [1.807, 2.05) is 0 Å². The van der Waals surface area contributed by atoms with Crippen LogP contribution in [0.4, 0.5) is 0 Å². The Morgan fingerprint density at radius 1 is 1.50 bits per heavy atom. The largest absolute Gasteiger partial charge is 0.334 e. The molecule has 0 aromatic carbocycles. The summed E-state index contributed by atoms with van der Waals surface area (Å²) in [6, 6.07) is 0. The zero-order chi connectivity index (χ0) is 8.97. The molecule has 12 heavy (non-hydrogen) atoms. The summed E-state index contributed by atoms with van der Waals surface area (Å²) in [5.41, 5.74) is 0.783. The minimum absolute atomic E-state index is 0.474. The van der Waals surface area contributed by atoms with Crippen molar-refractivity contribution in [3.05, 3.63) is 43.1 Å². The van der Waals surface area contributed by atoms with E-state index < -0.39 is 0 Å². The van der Waals surface area contributed by atoms with Gasteiger partial charge in [0.2, 0.25) is 0 Å². The van der Waals surface area contributed by atoms with Crippen LogP contribution in [0.15, 0.2) is 35.9 Å². The van der Waals surface area contributed by atoms with Crippen LogP contribution in [0.2, 0.25) is 0 Å². The van der Waals surface area contributed by atoms with Crippen LogP contribution >= 0.6 is 0 Å². The fourth-order valence-corrected chi connectivity index (χ4v) is 0.768. The van der Waals surface area contributed by atoms with E-state index in [-0.39, 0.29) is 0 Å². The maximum absolute atomic E-state index is 4.92. The molecule has 0 aliphatic heterocycles. The second kappa shape index (κ2) is 3.67. The molecule has 0 atom stereocenters. The van der Waals surface area contributed by atoms with E-state index in [2.05, 4.69) is 23.3 Å². The van der Waals surface area contributed by atoms with Gasteiger partial charge in [-0.05, 0) is 6.92 Å². The maximum atomic E-state index is 4.92. The highest BCUT2D eigenvalue weighted by molar-refractivity contribution is 5.68. The van der Waals surface area contributed by atoms with E-state index in [1.54, 1.807) is 25.2 Å². The Morgan fingerprint density at radius 2 is 2.25 bits per heavy atom. The van der Waals surface area contributed by atoms with Crippen LogP contribution in [-0.2, 0) is 0 Å². The minimum Gasteiger partial charge on any atom is -0.334 e. The van der Waals surface area contributed by atoms with Crippen molar-refractivity contribution < 1.29 is 4.52 Å². The SMILES string of the molecule is C=C/C=C(\C=C)c1nc(C)no1. The second-order valence-electron chi connectivity index (χ2n) is 2.21. The lowest BCUT2D eigenvalue weighted by Gasteiger charge is -1.89. The first-order chi connectivity index (χ1) is 5.77. The van der Waals surface area contributed by atoms with Gasteiger partial charge in [-0.1, -0.05) is 36.5 Å². The van der Waals surface area contributed by atoms with Gasteiger partial charge in [-0.3, -0.25) is 0 Å². The molecule has 0 bridgehead atoms. The Hall–Kier alpha value is -1.64. The van der Waals surface area contributed by atoms with Crippen LogP contribution in [0, 0.1) is 6.92 Å². The average molecular weight is 162 g/mol. The van der Waals surface area contributed by atoms with Gasteiger partial charge in [0.05, 0.1) is 0 Å². The minimum atomic E-state index is 0.474. The normalized spacial score (nSPS) is 11.2. The summed E-state index contributed by atoms with van der Waals surface area (Å²) in [6.07, 6.45) is 5.06. The summed E-state index contributed by atoms with van der Waals surface area (Å²) in [7, 11) is 0. The van der Waals surface area contributed by atoms with E-state index in [1.165, 1.54) is 0 Å². The van der Waals surface area contributed by atoms with Gasteiger partial charge in [0.15, 0.2) is 5.82 Å². The maximum Gasteiger partial charge on any atom is 0.257 e. The standard InChI is InChI=1S/C9H10N2O/c1-4-6-8(5-2)9-10-7(3)11-12-9/h4-6H,1-2H2,3H3/b8-6+. The van der Waals surface area contributed by atoms with E-state index in [0.29, 0.717) is 11.7 Å². The van der Waals surface area contributed by atoms with E-state index >= 15 is 0 Å². The number of nitrogens with zero attached hydrogens (tertiary/aromatic N) is 2. The first kappa shape index (κ1) is 8.46. The number of aryl methyl sites for hydroxylation is 1. The van der Waals surface area contributed by atoms with Gasteiger partial charge in [0.25, 0.3) is 5.89 Å². The molecule has 0 saturated heterocycles. The predicted octanol–water partition coefficient (Wildman–Crippen LogP) is 2.13. The van der Waals surface area contributed by atoms with Crippen molar-refractivity contribution >= 4 is 5.57 Å². The molecule has 62 valence electrons. The molecule has 0 amide bonds. The van der Waals surface area contributed by atoms with Crippen molar-refractivity contribution in [2.24, 2.45) is 0 Å². The molecular weight excluding hydrogens is 152 g/mol. The van der Waals surface area contributed by atoms with Gasteiger partial charge in [0, 0.05) is 5.57 Å². The average Bonchev–Trinajstić information content (AvgIpc) is 2.47. The van der Waals surface area contributed by atoms with Gasteiger partial charge >= 0.3 is 0 Å². The Bertz CT molecular complexity index is 323. The Morgan fingerprint density at radius 3 is 2.67 bits per heavy atom. The molecule has 3 nitrogen and oxygen atoms in total. The van der Waals surface area contributed by atoms with Gasteiger partial charge in [0.1, 0.15) is 0 Å². The monoisotopic (exact) mass is 162 g/mol. The molecule has 1 aromatic heterocycles. The first-order valence-electron chi connectivity index (χ1n) is 3.53. The summed E-state index contributed by atoms with van der Waals surface area (Å²) < 4.78 is 4.92. The predicted molar refractivity (Wildman–Crippen MR) is 47.4 cm³/mol. The summed E-state index contributed by atoms with van der Waals surface area (Å²) in [5.74, 6) is 1.09. The van der Waals surface area contributed by atoms with Crippen LogP contribution in [0.3, 0.4) is 0 Å². The molecule has 0 aliphatic rings. The number of allylic oxidation sites excluding steroid dienone is 4. The molecule has 0 N–H and O–H groups in total. The summed E-state index contributed by atoms with van der Waals surface area (Å²) in [5, 5.41) is 3.66. The molecule has 0 fully saturated rings. The third kappa shape index (κ3) is 1.69. The molecule has 3 heteroatoms. The molecule has 0 unspecified atom stereocenters. The lowest BCUT2D eigenvalue weighted by Crippen LogP contribution is -1.79. The molecule has 0 saturated carbocycles. The molecule has 0 aliphatic carbocycles. The Labute approximate surface area is 71.1 Å². The summed E-state index contributed by atoms with van der Waals surface area (Å²) >= 11 is 0. The third-order valence-corrected chi connectivity index (χ3v) is 1.29. The highest BCUT2D eigenvalue weighted by Gasteiger charge is 2.04. The van der Waals surface area contributed by atoms with Gasteiger partial charge in [-0.2, -0.15) is 4.98 Å². The van der Waals surface area contributed by atoms with E-state index in [4.69, 9.17) is 4.52 Å². The Balaban J connectivity index is 3.02. The van der Waals surface area contributed by atoms with Crippen molar-refractivity contribution in [3.63, 3.8) is 0 Å². The number of rotatable bonds is 3. The lowest BCUT2D eigenvalue weighted by atomic mass is 10.2. The fourth-order valence-electron chi connectivity index (χ4n) is 0.768. The van der Waals surface area contributed by atoms with Crippen molar-refractivity contribution in [3.8, 4) is 0 Å². The van der Waals surface area contributed by atoms with Crippen LogP contribution < -0.4 is 0 Å². The van der Waals surface area contributed by atoms with Crippen molar-refractivity contribution in [1.29, 1.82) is 0 Å². The Kier molecular flexibility index (Phi) is 2.58. The molecule has 1 rings (SSSR count). The molecule has 1 heterocycles. The third-order valence-electron chi connectivity index (χ3n) is 1.29. The lowest BCUT2D eigenvalue weighted by molar-refractivity contribution is 0.403. The topological polar surface area (TPSA) is 38.9 Å². The van der Waals surface area contributed by atoms with Crippen LogP contribution in [0.25, 0.3) is 5.57 Å². The molecule has 1 aromatic rings. The smallest absolute Gasteiger partial charge is 0.257 e. The fraction of sp³-hybridized carbons (Fsp3) is 0.111. The number of aromatic nitrogens is 2. The van der Waals surface area contributed by atoms with Gasteiger partial charge < -0.3 is 4.52 Å². The highest BCUT2D eigenvalue weighted by Crippen LogP contribution is 2.12. The molecule has 0 spiro atoms. The van der Waals surface area contributed by atoms with Gasteiger partial charge in [-0.25, -0.2) is 0 Å². The molecular formula is C9H10N2O. The van der Waals surface area contributed by atoms with Crippen LogP contribution in [0.1, 0.15) is 11.7 Å². The van der Waals surface area contributed by atoms with Gasteiger partial charge in [-0.15, -0.1) is 0 Å². The van der Waals surface area contributed by atoms with E-state index in [0.717, 1.165) is 5.57 Å². The zero-order valence-corrected chi connectivity index (χ0v) is 6.95. The zero-order valence-electron chi connectivity index (χ0n) is 6.95. The van der Waals surface area contributed by atoms with Crippen LogP contribution in [-0.4, -0.2) is 10.1 Å². The van der Waals surface area contributed by atoms with Crippen LogP contribution in [0.5, 0.6) is 0 Å². The van der Waals surface area contributed by atoms with Crippen molar-refractivity contribution in [1.82, 2.24) is 10.1 Å². The first-order valence-corrected chi connectivity index (χ1v) is 3.53. The number of hydrogen-bond acceptors (Lipinski definition) is 3. The molecule has 0 radical (unpaired) electrons. The highest BCUT2D eigenvalue weighted by atomic mass is 16.5. The summed E-state index contributed by atoms with van der Waals surface area (Å²) in [4.78, 5) is 4.04. The van der Waals surface area contributed by atoms with E-state index in [9.17, 15) is 0 Å². The van der Waals surface area contributed by atoms with Crippen molar-refractivity contribution in [2.75, 3.05) is 0 Å². The summed E-state index contributed by atoms with van der Waals surface area (Å²) in [6.45, 7) is 8.95. The number of hydrogen-bond donors (Lipinski definition) is 0. The van der Waals surface area contributed by atoms with Crippen molar-refractivity contribution in [2.45, 2.75) is 6.92 Å². The second-order valence-corrected chi connectivity index (χ2v) is 2.21.